The SMILES string of the molecule is NC(=O)C1C=C(O)C(=O)C(O)=C1. The first-order valence-electron chi connectivity index (χ1n) is 3.18. The molecule has 0 heterocycles. The van der Waals surface area contributed by atoms with Gasteiger partial charge >= 0.3 is 0 Å². The number of rotatable bonds is 1. The third kappa shape index (κ3) is 1.29. The second kappa shape index (κ2) is 2.69. The maximum Gasteiger partial charge on any atom is 0.260 e. The van der Waals surface area contributed by atoms with Gasteiger partial charge in [-0.3, -0.25) is 9.59 Å². The maximum absolute atomic E-state index is 10.7. The van der Waals surface area contributed by atoms with Crippen LogP contribution >= 0.6 is 0 Å². The predicted molar refractivity (Wildman–Crippen MR) is 39.1 cm³/mol. The van der Waals surface area contributed by atoms with Gasteiger partial charge in [0.15, 0.2) is 11.5 Å². The van der Waals surface area contributed by atoms with E-state index in [2.05, 4.69) is 0 Å². The van der Waals surface area contributed by atoms with Crippen molar-refractivity contribution in [3.63, 3.8) is 0 Å². The Bertz CT molecular complexity index is 281. The Kier molecular flexibility index (Phi) is 1.86. The number of carbonyl (C=O) groups is 2. The minimum atomic E-state index is -0.914. The zero-order chi connectivity index (χ0) is 9.30. The van der Waals surface area contributed by atoms with Gasteiger partial charge in [-0.1, -0.05) is 0 Å². The van der Waals surface area contributed by atoms with E-state index in [-0.39, 0.29) is 0 Å². The minimum Gasteiger partial charge on any atom is -0.504 e. The van der Waals surface area contributed by atoms with Crippen molar-refractivity contribution in [2.45, 2.75) is 0 Å². The van der Waals surface area contributed by atoms with Gasteiger partial charge in [-0.05, 0) is 12.2 Å². The highest BCUT2D eigenvalue weighted by molar-refractivity contribution is 6.07. The highest BCUT2D eigenvalue weighted by Crippen LogP contribution is 2.15. The van der Waals surface area contributed by atoms with E-state index in [1.807, 2.05) is 0 Å². The van der Waals surface area contributed by atoms with E-state index in [1.54, 1.807) is 0 Å². The van der Waals surface area contributed by atoms with Crippen LogP contribution in [0.1, 0.15) is 0 Å². The quantitative estimate of drug-likeness (QED) is 0.495. The highest BCUT2D eigenvalue weighted by Gasteiger charge is 2.24. The van der Waals surface area contributed by atoms with Crippen LogP contribution in [0.15, 0.2) is 23.7 Å². The van der Waals surface area contributed by atoms with Gasteiger partial charge in [0.25, 0.3) is 5.78 Å². The van der Waals surface area contributed by atoms with Crippen LogP contribution in [0, 0.1) is 5.92 Å². The summed E-state index contributed by atoms with van der Waals surface area (Å²) in [7, 11) is 0. The zero-order valence-electron chi connectivity index (χ0n) is 6.02. The molecule has 0 fully saturated rings. The van der Waals surface area contributed by atoms with Crippen LogP contribution in [-0.4, -0.2) is 21.9 Å². The third-order valence-corrected chi connectivity index (χ3v) is 1.47. The molecule has 5 heteroatoms. The zero-order valence-corrected chi connectivity index (χ0v) is 6.02. The van der Waals surface area contributed by atoms with Gasteiger partial charge < -0.3 is 15.9 Å². The van der Waals surface area contributed by atoms with Crippen molar-refractivity contribution in [2.75, 3.05) is 0 Å². The molecule has 0 aliphatic heterocycles. The summed E-state index contributed by atoms with van der Waals surface area (Å²) in [5.41, 5.74) is 4.88. The minimum absolute atomic E-state index is 0.654. The number of ketones is 1. The molecule has 0 bridgehead atoms. The number of primary amides is 1. The summed E-state index contributed by atoms with van der Waals surface area (Å²) < 4.78 is 0. The van der Waals surface area contributed by atoms with Crippen LogP contribution in [0.25, 0.3) is 0 Å². The Morgan fingerprint density at radius 3 is 2.08 bits per heavy atom. The Balaban J connectivity index is 2.99. The van der Waals surface area contributed by atoms with E-state index in [0.717, 1.165) is 12.2 Å². The van der Waals surface area contributed by atoms with Gasteiger partial charge in [0.1, 0.15) is 0 Å². The first-order chi connectivity index (χ1) is 5.52. The molecule has 0 saturated carbocycles. The van der Waals surface area contributed by atoms with Crippen molar-refractivity contribution in [3.05, 3.63) is 23.7 Å². The molecule has 0 radical (unpaired) electrons. The summed E-state index contributed by atoms with van der Waals surface area (Å²) in [5.74, 6) is -3.85. The van der Waals surface area contributed by atoms with Gasteiger partial charge in [-0.2, -0.15) is 0 Å². The summed E-state index contributed by atoms with van der Waals surface area (Å²) in [6.45, 7) is 0. The standard InChI is InChI=1S/C7H7NO4/c8-7(12)3-1-4(9)6(11)5(10)2-3/h1-3,9-10H,(H2,8,12). The largest absolute Gasteiger partial charge is 0.504 e. The molecule has 12 heavy (non-hydrogen) atoms. The van der Waals surface area contributed by atoms with E-state index in [1.165, 1.54) is 0 Å². The molecule has 0 aromatic rings. The number of hydrogen-bond acceptors (Lipinski definition) is 4. The number of hydrogen-bond donors (Lipinski definition) is 3. The van der Waals surface area contributed by atoms with E-state index < -0.39 is 29.1 Å². The van der Waals surface area contributed by atoms with Gasteiger partial charge in [0, 0.05) is 0 Å². The second-order valence-corrected chi connectivity index (χ2v) is 2.36. The number of amides is 1. The Morgan fingerprint density at radius 1 is 1.33 bits per heavy atom. The van der Waals surface area contributed by atoms with Crippen LogP contribution < -0.4 is 5.73 Å². The van der Waals surface area contributed by atoms with Gasteiger partial charge in [-0.15, -0.1) is 0 Å². The molecule has 5 nitrogen and oxygen atoms in total. The first kappa shape index (κ1) is 8.32. The smallest absolute Gasteiger partial charge is 0.260 e. The summed E-state index contributed by atoms with van der Waals surface area (Å²) >= 11 is 0. The predicted octanol–water partition coefficient (Wildman–Crippen LogP) is -0.446. The van der Waals surface area contributed by atoms with Crippen molar-refractivity contribution in [3.8, 4) is 0 Å². The lowest BCUT2D eigenvalue weighted by atomic mass is 10.00. The molecular weight excluding hydrogens is 162 g/mol. The lowest BCUT2D eigenvalue weighted by Gasteiger charge is -2.10. The first-order valence-corrected chi connectivity index (χ1v) is 3.18. The number of aliphatic hydroxyl groups excluding tert-OH is 2. The molecule has 0 saturated heterocycles. The number of carbonyl (C=O) groups excluding carboxylic acids is 2. The maximum atomic E-state index is 10.7. The van der Waals surface area contributed by atoms with Crippen molar-refractivity contribution in [1.82, 2.24) is 0 Å². The summed E-state index contributed by atoms with van der Waals surface area (Å²) in [6, 6.07) is 0. The molecule has 64 valence electrons. The summed E-state index contributed by atoms with van der Waals surface area (Å²) in [4.78, 5) is 21.3. The average molecular weight is 169 g/mol. The molecule has 1 aliphatic carbocycles. The Morgan fingerprint density at radius 2 is 1.75 bits per heavy atom. The van der Waals surface area contributed by atoms with Crippen LogP contribution in [0.2, 0.25) is 0 Å². The molecule has 0 aromatic carbocycles. The fourth-order valence-electron chi connectivity index (χ4n) is 0.835. The van der Waals surface area contributed by atoms with Crippen molar-refractivity contribution in [1.29, 1.82) is 0 Å². The van der Waals surface area contributed by atoms with Crippen LogP contribution in [0.4, 0.5) is 0 Å². The van der Waals surface area contributed by atoms with E-state index in [4.69, 9.17) is 15.9 Å². The Labute approximate surface area is 67.8 Å². The van der Waals surface area contributed by atoms with Gasteiger partial charge in [-0.25, -0.2) is 0 Å². The van der Waals surface area contributed by atoms with Crippen molar-refractivity contribution < 1.29 is 19.8 Å². The molecule has 0 unspecified atom stereocenters. The average Bonchev–Trinajstić information content (AvgIpc) is 1.99. The summed E-state index contributed by atoms with van der Waals surface area (Å²) in [6.07, 6.45) is 1.98. The van der Waals surface area contributed by atoms with Gasteiger partial charge in [0.05, 0.1) is 5.92 Å². The van der Waals surface area contributed by atoms with Crippen molar-refractivity contribution >= 4 is 11.7 Å². The number of Topliss-reactive ketones (excluding diaryl/α,β-unsaturated/α-hetero) is 1. The monoisotopic (exact) mass is 169 g/mol. The lowest BCUT2D eigenvalue weighted by Crippen LogP contribution is -2.25. The molecule has 1 rings (SSSR count). The van der Waals surface area contributed by atoms with Crippen LogP contribution in [0.3, 0.4) is 0 Å². The molecular formula is C7H7NO4. The van der Waals surface area contributed by atoms with E-state index in [9.17, 15) is 9.59 Å². The summed E-state index contributed by atoms with van der Waals surface area (Å²) in [5, 5.41) is 17.7. The normalized spacial score (nSPS) is 18.5. The molecule has 0 atom stereocenters. The molecule has 0 aromatic heterocycles. The molecule has 4 N–H and O–H groups in total. The van der Waals surface area contributed by atoms with E-state index >= 15 is 0 Å². The Hall–Kier alpha value is -1.78. The fourth-order valence-corrected chi connectivity index (χ4v) is 0.835. The molecule has 1 aliphatic rings. The molecule has 1 amide bonds. The third-order valence-electron chi connectivity index (χ3n) is 1.47. The number of aliphatic hydroxyl groups is 2. The fraction of sp³-hybridized carbons (Fsp3) is 0.143. The number of nitrogens with two attached hydrogens (primary N) is 1. The van der Waals surface area contributed by atoms with Crippen LogP contribution in [-0.2, 0) is 9.59 Å². The van der Waals surface area contributed by atoms with E-state index in [0.29, 0.717) is 0 Å². The highest BCUT2D eigenvalue weighted by atomic mass is 16.3. The van der Waals surface area contributed by atoms with Gasteiger partial charge in [0.2, 0.25) is 5.91 Å². The lowest BCUT2D eigenvalue weighted by molar-refractivity contribution is -0.120. The topological polar surface area (TPSA) is 101 Å². The molecule has 0 spiro atoms. The van der Waals surface area contributed by atoms with Crippen molar-refractivity contribution in [2.24, 2.45) is 11.7 Å². The van der Waals surface area contributed by atoms with Crippen LogP contribution in [0.5, 0.6) is 0 Å². The second-order valence-electron chi connectivity index (χ2n) is 2.36.